The molecule has 4 aromatic rings. The number of amides is 2. The Balaban J connectivity index is 1.31. The number of aliphatic hydroxyl groups excluding tert-OH is 1. The number of para-hydroxylation sites is 1. The monoisotopic (exact) mass is 703 g/mol. The molecule has 8 nitrogen and oxygen atoms in total. The van der Waals surface area contributed by atoms with Crippen LogP contribution in [0.3, 0.4) is 0 Å². The molecule has 0 aromatic heterocycles. The van der Waals surface area contributed by atoms with Gasteiger partial charge in [-0.1, -0.05) is 67.1 Å². The number of rotatable bonds is 12. The van der Waals surface area contributed by atoms with Gasteiger partial charge in [0.05, 0.1) is 35.9 Å². The third kappa shape index (κ3) is 9.89. The number of anilines is 1. The van der Waals surface area contributed by atoms with Crippen LogP contribution in [0.5, 0.6) is 11.5 Å². The molecule has 0 spiro atoms. The van der Waals surface area contributed by atoms with Crippen LogP contribution < -0.4 is 14.8 Å². The van der Waals surface area contributed by atoms with Crippen molar-refractivity contribution < 1.29 is 37.3 Å². The maximum absolute atomic E-state index is 13.8. The van der Waals surface area contributed by atoms with Crippen LogP contribution in [0.25, 0.3) is 0 Å². The highest BCUT2D eigenvalue weighted by molar-refractivity contribution is 6.02. The second-order valence-electron chi connectivity index (χ2n) is 13.3. The summed E-state index contributed by atoms with van der Waals surface area (Å²) in [5.74, 6) is 0.00102. The van der Waals surface area contributed by atoms with Crippen molar-refractivity contribution in [3.05, 3.63) is 124 Å². The number of alkyl halides is 3. The van der Waals surface area contributed by atoms with E-state index < -0.39 is 29.8 Å². The van der Waals surface area contributed by atoms with E-state index in [1.807, 2.05) is 63.4 Å². The maximum atomic E-state index is 13.8. The lowest BCUT2D eigenvalue weighted by atomic mass is 9.98. The van der Waals surface area contributed by atoms with Crippen molar-refractivity contribution in [1.82, 2.24) is 9.80 Å². The molecule has 0 radical (unpaired) electrons. The van der Waals surface area contributed by atoms with Crippen molar-refractivity contribution in [2.24, 2.45) is 5.92 Å². The van der Waals surface area contributed by atoms with Gasteiger partial charge in [0.2, 0.25) is 5.91 Å². The van der Waals surface area contributed by atoms with Crippen LogP contribution >= 0.6 is 0 Å². The maximum Gasteiger partial charge on any atom is 0.416 e. The van der Waals surface area contributed by atoms with E-state index in [1.54, 1.807) is 30.0 Å². The van der Waals surface area contributed by atoms with Crippen LogP contribution in [0.1, 0.15) is 52.0 Å². The molecule has 2 amide bonds. The summed E-state index contributed by atoms with van der Waals surface area (Å²) in [5.41, 5.74) is 3.47. The minimum Gasteiger partial charge on any atom is -0.489 e. The highest BCUT2D eigenvalue weighted by Gasteiger charge is 2.35. The van der Waals surface area contributed by atoms with Crippen molar-refractivity contribution in [3.8, 4) is 11.5 Å². The Labute approximate surface area is 296 Å². The molecule has 3 atom stereocenters. The largest absolute Gasteiger partial charge is 0.489 e. The highest BCUT2D eigenvalue weighted by Crippen LogP contribution is 2.35. The zero-order valence-corrected chi connectivity index (χ0v) is 29.2. The van der Waals surface area contributed by atoms with Crippen molar-refractivity contribution in [1.29, 1.82) is 0 Å². The minimum absolute atomic E-state index is 0.160. The predicted molar refractivity (Wildman–Crippen MR) is 190 cm³/mol. The average Bonchev–Trinajstić information content (AvgIpc) is 3.09. The third-order valence-electron chi connectivity index (χ3n) is 8.97. The van der Waals surface area contributed by atoms with Gasteiger partial charge in [0.1, 0.15) is 18.5 Å². The van der Waals surface area contributed by atoms with E-state index in [-0.39, 0.29) is 41.9 Å². The average molecular weight is 704 g/mol. The molecule has 11 heteroatoms. The molecule has 0 bridgehead atoms. The van der Waals surface area contributed by atoms with E-state index in [2.05, 4.69) is 16.3 Å². The standard InChI is InChI=1S/C40H44F3N3O5/c1-26-7-5-8-31(19-26)25-50-33-17-13-30(14-18-33)22-45(4)23-36-27(2)21-46(28(3)24-47)39(49)34-9-6-10-35(38(34)51-36)44-37(48)20-29-11-15-32(16-12-29)40(41,42)43/h5-19,27-28,36,47H,20-25H2,1-4H3,(H,44,48)/t27-,28?,36-/m1/s1. The first-order chi connectivity index (χ1) is 24.3. The molecule has 1 aliphatic rings. The van der Waals surface area contributed by atoms with Gasteiger partial charge >= 0.3 is 6.18 Å². The molecule has 0 aliphatic carbocycles. The van der Waals surface area contributed by atoms with Gasteiger partial charge in [-0.3, -0.25) is 14.5 Å². The number of fused-ring (bicyclic) bond motifs is 1. The van der Waals surface area contributed by atoms with Gasteiger partial charge in [-0.15, -0.1) is 0 Å². The molecule has 1 heterocycles. The Hall–Kier alpha value is -4.87. The van der Waals surface area contributed by atoms with E-state index in [0.29, 0.717) is 31.8 Å². The summed E-state index contributed by atoms with van der Waals surface area (Å²) >= 11 is 0. The molecule has 0 saturated carbocycles. The van der Waals surface area contributed by atoms with Crippen LogP contribution in [0.4, 0.5) is 18.9 Å². The number of hydrogen-bond donors (Lipinski definition) is 2. The van der Waals surface area contributed by atoms with Gasteiger partial charge in [0, 0.05) is 25.6 Å². The third-order valence-corrected chi connectivity index (χ3v) is 8.97. The Morgan fingerprint density at radius 3 is 2.37 bits per heavy atom. The molecular weight excluding hydrogens is 659 g/mol. The van der Waals surface area contributed by atoms with Crippen LogP contribution in [0.15, 0.2) is 91.0 Å². The Morgan fingerprint density at radius 1 is 1.02 bits per heavy atom. The molecule has 5 rings (SSSR count). The van der Waals surface area contributed by atoms with E-state index >= 15 is 0 Å². The first-order valence-corrected chi connectivity index (χ1v) is 16.9. The quantitative estimate of drug-likeness (QED) is 0.163. The molecule has 0 saturated heterocycles. The molecule has 2 N–H and O–H groups in total. The molecule has 1 unspecified atom stereocenters. The number of hydrogen-bond acceptors (Lipinski definition) is 6. The van der Waals surface area contributed by atoms with Gasteiger partial charge in [0.15, 0.2) is 5.75 Å². The van der Waals surface area contributed by atoms with Gasteiger partial charge in [-0.05, 0) is 74.0 Å². The molecule has 0 fully saturated rings. The smallest absolute Gasteiger partial charge is 0.416 e. The highest BCUT2D eigenvalue weighted by atomic mass is 19.4. The van der Waals surface area contributed by atoms with Crippen molar-refractivity contribution in [3.63, 3.8) is 0 Å². The van der Waals surface area contributed by atoms with E-state index in [1.165, 1.54) is 17.7 Å². The first kappa shape index (κ1) is 37.4. The summed E-state index contributed by atoms with van der Waals surface area (Å²) in [6.45, 7) is 7.50. The van der Waals surface area contributed by atoms with E-state index in [0.717, 1.165) is 29.0 Å². The summed E-state index contributed by atoms with van der Waals surface area (Å²) in [6, 6.07) is 25.0. The van der Waals surface area contributed by atoms with Gasteiger partial charge < -0.3 is 24.8 Å². The van der Waals surface area contributed by atoms with Gasteiger partial charge in [-0.2, -0.15) is 13.2 Å². The topological polar surface area (TPSA) is 91.3 Å². The Bertz CT molecular complexity index is 1800. The predicted octanol–water partition coefficient (Wildman–Crippen LogP) is 7.13. The number of benzene rings is 4. The first-order valence-electron chi connectivity index (χ1n) is 16.9. The number of nitrogens with one attached hydrogen (secondary N) is 1. The SMILES string of the molecule is Cc1cccc(COc2ccc(CN(C)C[C@H]3Oc4c(NC(=O)Cc5ccc(C(F)(F)F)cc5)cccc4C(=O)N(C(C)CO)C[C@H]3C)cc2)c1. The van der Waals surface area contributed by atoms with Gasteiger partial charge in [-0.25, -0.2) is 0 Å². The van der Waals surface area contributed by atoms with E-state index in [4.69, 9.17) is 9.47 Å². The summed E-state index contributed by atoms with van der Waals surface area (Å²) < 4.78 is 51.7. The fraction of sp³-hybridized carbons (Fsp3) is 0.350. The van der Waals surface area contributed by atoms with Gasteiger partial charge in [0.25, 0.3) is 5.91 Å². The normalized spacial score (nSPS) is 16.9. The summed E-state index contributed by atoms with van der Waals surface area (Å²) in [5, 5.41) is 12.8. The number of ether oxygens (including phenoxy) is 2. The fourth-order valence-electron chi connectivity index (χ4n) is 6.09. The van der Waals surface area contributed by atoms with Crippen LogP contribution in [0.2, 0.25) is 0 Å². The molecule has 51 heavy (non-hydrogen) atoms. The number of carbonyl (C=O) groups excluding carboxylic acids is 2. The summed E-state index contributed by atoms with van der Waals surface area (Å²) in [6.07, 6.45) is -5.07. The van der Waals surface area contributed by atoms with E-state index in [9.17, 15) is 27.9 Å². The van der Waals surface area contributed by atoms with Crippen molar-refractivity contribution >= 4 is 17.5 Å². The number of carbonyl (C=O) groups is 2. The molecule has 270 valence electrons. The summed E-state index contributed by atoms with van der Waals surface area (Å²) in [7, 11) is 1.98. The fourth-order valence-corrected chi connectivity index (χ4v) is 6.09. The Morgan fingerprint density at radius 2 is 1.71 bits per heavy atom. The number of aryl methyl sites for hydroxylation is 1. The number of likely N-dealkylation sites (N-methyl/N-ethyl adjacent to an activating group) is 1. The van der Waals surface area contributed by atoms with Crippen LogP contribution in [-0.2, 0) is 30.5 Å². The van der Waals surface area contributed by atoms with Crippen molar-refractivity contribution in [2.75, 3.05) is 32.1 Å². The Kier molecular flexibility index (Phi) is 12.0. The second-order valence-corrected chi connectivity index (χ2v) is 13.3. The zero-order valence-electron chi connectivity index (χ0n) is 29.2. The lowest BCUT2D eigenvalue weighted by molar-refractivity contribution is -0.137. The van der Waals surface area contributed by atoms with Crippen LogP contribution in [-0.4, -0.2) is 65.6 Å². The zero-order chi connectivity index (χ0) is 36.7. The summed E-state index contributed by atoms with van der Waals surface area (Å²) in [4.78, 5) is 30.7. The number of halogens is 3. The lowest BCUT2D eigenvalue weighted by Crippen LogP contribution is -2.49. The van der Waals surface area contributed by atoms with Crippen molar-refractivity contribution in [2.45, 2.75) is 58.7 Å². The minimum atomic E-state index is -4.48. The number of nitrogens with zero attached hydrogens (tertiary/aromatic N) is 2. The number of aliphatic hydroxyl groups is 1. The second kappa shape index (κ2) is 16.4. The van der Waals surface area contributed by atoms with Crippen LogP contribution in [0, 0.1) is 12.8 Å². The molecular formula is C40H44F3N3O5. The molecule has 4 aromatic carbocycles. The molecule has 1 aliphatic heterocycles. The lowest BCUT2D eigenvalue weighted by Gasteiger charge is -2.38.